The van der Waals surface area contributed by atoms with E-state index in [-0.39, 0.29) is 0 Å². The molecule has 0 spiro atoms. The smallest absolute Gasteiger partial charge is 0.159 e. The Morgan fingerprint density at radius 2 is 1.95 bits per heavy atom. The van der Waals surface area contributed by atoms with Gasteiger partial charge < -0.3 is 5.73 Å². The molecule has 1 aliphatic carbocycles. The van der Waals surface area contributed by atoms with Crippen LogP contribution in [0.5, 0.6) is 0 Å². The Balaban J connectivity index is 1.96. The number of nitrogens with two attached hydrogens (primary N) is 1. The van der Waals surface area contributed by atoms with Gasteiger partial charge in [0, 0.05) is 27.5 Å². The molecule has 1 aliphatic rings. The van der Waals surface area contributed by atoms with Crippen LogP contribution < -0.4 is 5.73 Å². The van der Waals surface area contributed by atoms with Gasteiger partial charge >= 0.3 is 0 Å². The zero-order chi connectivity index (χ0) is 14.1. The highest BCUT2D eigenvalue weighted by Gasteiger charge is 2.19. The summed E-state index contributed by atoms with van der Waals surface area (Å²) in [7, 11) is 0. The number of hydrogen-bond donors (Lipinski definition) is 1. The third kappa shape index (κ3) is 2.80. The first-order valence-corrected chi connectivity index (χ1v) is 7.42. The first-order chi connectivity index (χ1) is 9.65. The largest absolute Gasteiger partial charge is 0.330 e. The number of aryl methyl sites for hydroxylation is 1. The summed E-state index contributed by atoms with van der Waals surface area (Å²) in [4.78, 5) is 9.11. The van der Waals surface area contributed by atoms with Gasteiger partial charge in [-0.3, -0.25) is 0 Å². The maximum absolute atomic E-state index is 6.03. The van der Waals surface area contributed by atoms with E-state index in [0.717, 1.165) is 37.1 Å². The molecule has 0 fully saturated rings. The lowest BCUT2D eigenvalue weighted by Crippen LogP contribution is -2.23. The number of nitrogens with zero attached hydrogens (tertiary/aromatic N) is 2. The molecular formula is C15H15Cl2N3. The Labute approximate surface area is 128 Å². The van der Waals surface area contributed by atoms with E-state index in [4.69, 9.17) is 28.9 Å². The van der Waals surface area contributed by atoms with Crippen molar-refractivity contribution in [2.45, 2.75) is 19.3 Å². The molecule has 0 radical (unpaired) electrons. The van der Waals surface area contributed by atoms with Crippen LogP contribution in [0, 0.1) is 5.92 Å². The quantitative estimate of drug-likeness (QED) is 0.923. The lowest BCUT2D eigenvalue weighted by molar-refractivity contribution is 0.462. The molecule has 104 valence electrons. The Hall–Kier alpha value is -1.16. The summed E-state index contributed by atoms with van der Waals surface area (Å²) in [6, 6.07) is 5.37. The summed E-state index contributed by atoms with van der Waals surface area (Å²) < 4.78 is 0. The fourth-order valence-corrected chi connectivity index (χ4v) is 3.13. The molecule has 1 aromatic carbocycles. The topological polar surface area (TPSA) is 51.8 Å². The molecule has 3 rings (SSSR count). The van der Waals surface area contributed by atoms with Crippen LogP contribution in [0.1, 0.15) is 17.7 Å². The molecule has 3 nitrogen and oxygen atoms in total. The summed E-state index contributed by atoms with van der Waals surface area (Å²) in [5.41, 5.74) is 8.93. The summed E-state index contributed by atoms with van der Waals surface area (Å²) >= 11 is 12.1. The molecule has 0 saturated carbocycles. The van der Waals surface area contributed by atoms with E-state index in [2.05, 4.69) is 9.97 Å². The van der Waals surface area contributed by atoms with Crippen LogP contribution in [0.4, 0.5) is 0 Å². The maximum Gasteiger partial charge on any atom is 0.159 e. The van der Waals surface area contributed by atoms with Crippen LogP contribution in [0.3, 0.4) is 0 Å². The normalized spacial score (nSPS) is 17.9. The van der Waals surface area contributed by atoms with Crippen molar-refractivity contribution in [2.24, 2.45) is 11.7 Å². The van der Waals surface area contributed by atoms with Gasteiger partial charge in [0.05, 0.1) is 0 Å². The zero-order valence-electron chi connectivity index (χ0n) is 10.9. The van der Waals surface area contributed by atoms with E-state index in [1.165, 1.54) is 5.56 Å². The van der Waals surface area contributed by atoms with Gasteiger partial charge in [0.15, 0.2) is 5.82 Å². The third-order valence-electron chi connectivity index (χ3n) is 3.71. The molecular weight excluding hydrogens is 293 g/mol. The van der Waals surface area contributed by atoms with Crippen molar-refractivity contribution in [2.75, 3.05) is 6.54 Å². The van der Waals surface area contributed by atoms with E-state index in [1.54, 1.807) is 6.07 Å². The highest BCUT2D eigenvalue weighted by molar-refractivity contribution is 6.35. The molecule has 1 atom stereocenters. The third-order valence-corrected chi connectivity index (χ3v) is 4.14. The average Bonchev–Trinajstić information content (AvgIpc) is 2.45. The van der Waals surface area contributed by atoms with Crippen LogP contribution in [0.15, 0.2) is 24.4 Å². The van der Waals surface area contributed by atoms with Crippen molar-refractivity contribution >= 4 is 23.2 Å². The van der Waals surface area contributed by atoms with Crippen LogP contribution in [0.25, 0.3) is 11.4 Å². The van der Waals surface area contributed by atoms with Crippen molar-refractivity contribution in [1.82, 2.24) is 9.97 Å². The first-order valence-electron chi connectivity index (χ1n) is 6.67. The standard InChI is InChI=1S/C15H15Cl2N3/c16-12-4-10(5-13(17)6-12)15-19-8-11-3-9(7-18)1-2-14(11)20-15/h4-6,8-9H,1-3,7,18H2. The monoisotopic (exact) mass is 307 g/mol. The summed E-state index contributed by atoms with van der Waals surface area (Å²) in [6.45, 7) is 0.727. The highest BCUT2D eigenvalue weighted by atomic mass is 35.5. The van der Waals surface area contributed by atoms with Gasteiger partial charge in [-0.2, -0.15) is 0 Å². The van der Waals surface area contributed by atoms with E-state index in [1.807, 2.05) is 18.3 Å². The molecule has 2 N–H and O–H groups in total. The molecule has 1 unspecified atom stereocenters. The van der Waals surface area contributed by atoms with Crippen molar-refractivity contribution < 1.29 is 0 Å². The molecule has 0 amide bonds. The average molecular weight is 308 g/mol. The summed E-state index contributed by atoms with van der Waals surface area (Å²) in [6.07, 6.45) is 4.94. The SMILES string of the molecule is NCC1CCc2nc(-c3cc(Cl)cc(Cl)c3)ncc2C1. The fourth-order valence-electron chi connectivity index (χ4n) is 2.61. The van der Waals surface area contributed by atoms with E-state index in [9.17, 15) is 0 Å². The number of hydrogen-bond acceptors (Lipinski definition) is 3. The van der Waals surface area contributed by atoms with Gasteiger partial charge in [0.1, 0.15) is 0 Å². The summed E-state index contributed by atoms with van der Waals surface area (Å²) in [5, 5.41) is 1.19. The number of rotatable bonds is 2. The fraction of sp³-hybridized carbons (Fsp3) is 0.333. The molecule has 0 bridgehead atoms. The molecule has 0 saturated heterocycles. The van der Waals surface area contributed by atoms with Gasteiger partial charge in [-0.15, -0.1) is 0 Å². The van der Waals surface area contributed by atoms with Crippen molar-refractivity contribution in [3.63, 3.8) is 0 Å². The Morgan fingerprint density at radius 1 is 1.20 bits per heavy atom. The van der Waals surface area contributed by atoms with Gasteiger partial charge in [0.2, 0.25) is 0 Å². The second kappa shape index (κ2) is 5.68. The van der Waals surface area contributed by atoms with Crippen molar-refractivity contribution in [1.29, 1.82) is 0 Å². The number of aromatic nitrogens is 2. The lowest BCUT2D eigenvalue weighted by Gasteiger charge is -2.22. The number of benzene rings is 1. The predicted octanol–water partition coefficient (Wildman–Crippen LogP) is 3.51. The Kier molecular flexibility index (Phi) is 3.92. The first kappa shape index (κ1) is 13.8. The molecule has 2 aromatic rings. The zero-order valence-corrected chi connectivity index (χ0v) is 12.5. The van der Waals surface area contributed by atoms with Crippen molar-refractivity contribution in [3.05, 3.63) is 45.7 Å². The Morgan fingerprint density at radius 3 is 2.65 bits per heavy atom. The van der Waals surface area contributed by atoms with E-state index < -0.39 is 0 Å². The van der Waals surface area contributed by atoms with Gasteiger partial charge in [0.25, 0.3) is 0 Å². The maximum atomic E-state index is 6.03. The minimum atomic E-state index is 0.553. The van der Waals surface area contributed by atoms with Gasteiger partial charge in [-0.25, -0.2) is 9.97 Å². The molecule has 20 heavy (non-hydrogen) atoms. The van der Waals surface area contributed by atoms with Gasteiger partial charge in [-0.05, 0) is 55.5 Å². The molecule has 0 aliphatic heterocycles. The van der Waals surface area contributed by atoms with E-state index in [0.29, 0.717) is 21.8 Å². The number of fused-ring (bicyclic) bond motifs is 1. The lowest BCUT2D eigenvalue weighted by atomic mass is 9.87. The highest BCUT2D eigenvalue weighted by Crippen LogP contribution is 2.28. The van der Waals surface area contributed by atoms with Crippen molar-refractivity contribution in [3.8, 4) is 11.4 Å². The molecule has 1 heterocycles. The predicted molar refractivity (Wildman–Crippen MR) is 82.1 cm³/mol. The van der Waals surface area contributed by atoms with Gasteiger partial charge in [-0.1, -0.05) is 23.2 Å². The molecule has 1 aromatic heterocycles. The Bertz CT molecular complexity index is 623. The minimum absolute atomic E-state index is 0.553. The van der Waals surface area contributed by atoms with Crippen LogP contribution in [-0.2, 0) is 12.8 Å². The second-order valence-electron chi connectivity index (χ2n) is 5.17. The summed E-state index contributed by atoms with van der Waals surface area (Å²) in [5.74, 6) is 1.23. The van der Waals surface area contributed by atoms with Crippen LogP contribution in [0.2, 0.25) is 10.0 Å². The van der Waals surface area contributed by atoms with Crippen LogP contribution in [-0.4, -0.2) is 16.5 Å². The second-order valence-corrected chi connectivity index (χ2v) is 6.04. The minimum Gasteiger partial charge on any atom is -0.330 e. The van der Waals surface area contributed by atoms with Crippen LogP contribution >= 0.6 is 23.2 Å². The number of halogens is 2. The molecule has 5 heteroatoms. The van der Waals surface area contributed by atoms with E-state index >= 15 is 0 Å².